The predicted molar refractivity (Wildman–Crippen MR) is 75.2 cm³/mol. The van der Waals surface area contributed by atoms with Crippen LogP contribution in [0.25, 0.3) is 0 Å². The number of nitrogens with zero attached hydrogens (tertiary/aromatic N) is 1. The monoisotopic (exact) mass is 249 g/mol. The minimum absolute atomic E-state index is 0.353. The zero-order chi connectivity index (χ0) is 13.7. The highest BCUT2D eigenvalue weighted by Gasteiger charge is 2.18. The summed E-state index contributed by atoms with van der Waals surface area (Å²) >= 11 is 0. The summed E-state index contributed by atoms with van der Waals surface area (Å²) < 4.78 is 0. The highest BCUT2D eigenvalue weighted by molar-refractivity contribution is 5.71. The Kier molecular flexibility index (Phi) is 5.20. The van der Waals surface area contributed by atoms with Crippen molar-refractivity contribution in [2.24, 2.45) is 5.92 Å². The van der Waals surface area contributed by atoms with Crippen molar-refractivity contribution in [3.8, 4) is 0 Å². The smallest absolute Gasteiger partial charge is 0.308 e. The van der Waals surface area contributed by atoms with Crippen LogP contribution in [-0.2, 0) is 11.2 Å². The summed E-state index contributed by atoms with van der Waals surface area (Å²) in [5.74, 6) is -1.09. The molecule has 0 spiro atoms. The first-order chi connectivity index (χ1) is 8.51. The van der Waals surface area contributed by atoms with E-state index in [0.29, 0.717) is 6.54 Å². The first kappa shape index (κ1) is 14.6. The van der Waals surface area contributed by atoms with Crippen LogP contribution in [0, 0.1) is 12.8 Å². The molecule has 1 rings (SSSR count). The molecule has 0 fully saturated rings. The second-order valence-corrected chi connectivity index (χ2v) is 4.71. The number of benzene rings is 1. The number of aliphatic carboxylic acids is 1. The summed E-state index contributed by atoms with van der Waals surface area (Å²) in [6, 6.07) is 6.27. The highest BCUT2D eigenvalue weighted by atomic mass is 16.4. The fourth-order valence-corrected chi connectivity index (χ4v) is 2.24. The second-order valence-electron chi connectivity index (χ2n) is 4.71. The average Bonchev–Trinajstić information content (AvgIpc) is 2.35. The summed E-state index contributed by atoms with van der Waals surface area (Å²) in [6.07, 6.45) is 0.967. The lowest BCUT2D eigenvalue weighted by atomic mass is 10.0. The van der Waals surface area contributed by atoms with Crippen LogP contribution < -0.4 is 4.90 Å². The van der Waals surface area contributed by atoms with E-state index >= 15 is 0 Å². The van der Waals surface area contributed by atoms with Gasteiger partial charge >= 0.3 is 5.97 Å². The van der Waals surface area contributed by atoms with Gasteiger partial charge < -0.3 is 10.0 Å². The SMILES string of the molecule is CCc1cccc(C)c1N(CC)CC(C)C(=O)O. The van der Waals surface area contributed by atoms with Crippen LogP contribution in [-0.4, -0.2) is 24.2 Å². The van der Waals surface area contributed by atoms with Crippen LogP contribution in [0.1, 0.15) is 31.9 Å². The van der Waals surface area contributed by atoms with E-state index in [0.717, 1.165) is 13.0 Å². The van der Waals surface area contributed by atoms with E-state index in [1.54, 1.807) is 6.92 Å². The van der Waals surface area contributed by atoms with Crippen molar-refractivity contribution in [1.82, 2.24) is 0 Å². The molecule has 0 aliphatic carbocycles. The van der Waals surface area contributed by atoms with Crippen LogP contribution in [0.2, 0.25) is 0 Å². The molecule has 18 heavy (non-hydrogen) atoms. The largest absolute Gasteiger partial charge is 0.481 e. The molecule has 1 aromatic rings. The Morgan fingerprint density at radius 1 is 1.39 bits per heavy atom. The summed E-state index contributed by atoms with van der Waals surface area (Å²) in [4.78, 5) is 13.2. The highest BCUT2D eigenvalue weighted by Crippen LogP contribution is 2.26. The molecule has 0 heterocycles. The molecular formula is C15H23NO2. The maximum atomic E-state index is 11.0. The molecular weight excluding hydrogens is 226 g/mol. The maximum Gasteiger partial charge on any atom is 0.308 e. The molecule has 100 valence electrons. The lowest BCUT2D eigenvalue weighted by Crippen LogP contribution is -2.32. The molecule has 1 unspecified atom stereocenters. The van der Waals surface area contributed by atoms with Crippen molar-refractivity contribution in [3.63, 3.8) is 0 Å². The van der Waals surface area contributed by atoms with Crippen molar-refractivity contribution in [2.75, 3.05) is 18.0 Å². The minimum atomic E-state index is -0.736. The van der Waals surface area contributed by atoms with E-state index in [4.69, 9.17) is 5.11 Å². The van der Waals surface area contributed by atoms with Gasteiger partial charge in [-0.1, -0.05) is 32.0 Å². The Labute approximate surface area is 109 Å². The third-order valence-electron chi connectivity index (χ3n) is 3.32. The van der Waals surface area contributed by atoms with Crippen LogP contribution in [0.5, 0.6) is 0 Å². The molecule has 0 amide bonds. The molecule has 0 aliphatic rings. The Morgan fingerprint density at radius 2 is 2.06 bits per heavy atom. The molecule has 3 nitrogen and oxygen atoms in total. The molecule has 1 atom stereocenters. The topological polar surface area (TPSA) is 40.5 Å². The summed E-state index contributed by atoms with van der Waals surface area (Å²) in [5, 5.41) is 9.04. The molecule has 1 N–H and O–H groups in total. The molecule has 3 heteroatoms. The Balaban J connectivity index is 3.05. The van der Waals surface area contributed by atoms with Gasteiger partial charge in [-0.15, -0.1) is 0 Å². The number of anilines is 1. The van der Waals surface area contributed by atoms with Gasteiger partial charge in [0, 0.05) is 18.8 Å². The van der Waals surface area contributed by atoms with Gasteiger partial charge in [0.15, 0.2) is 0 Å². The van der Waals surface area contributed by atoms with E-state index in [1.807, 2.05) is 0 Å². The van der Waals surface area contributed by atoms with Crippen molar-refractivity contribution < 1.29 is 9.90 Å². The predicted octanol–water partition coefficient (Wildman–Crippen LogP) is 3.10. The van der Waals surface area contributed by atoms with Gasteiger partial charge in [-0.3, -0.25) is 4.79 Å². The van der Waals surface area contributed by atoms with E-state index in [9.17, 15) is 4.79 Å². The van der Waals surface area contributed by atoms with E-state index in [1.165, 1.54) is 16.8 Å². The number of rotatable bonds is 6. The fraction of sp³-hybridized carbons (Fsp3) is 0.533. The van der Waals surface area contributed by atoms with E-state index in [-0.39, 0.29) is 5.92 Å². The van der Waals surface area contributed by atoms with Gasteiger partial charge in [0.25, 0.3) is 0 Å². The quantitative estimate of drug-likeness (QED) is 0.842. The van der Waals surface area contributed by atoms with Gasteiger partial charge in [-0.25, -0.2) is 0 Å². The van der Waals surface area contributed by atoms with E-state index < -0.39 is 5.97 Å². The summed E-state index contributed by atoms with van der Waals surface area (Å²) in [6.45, 7) is 9.43. The normalized spacial score (nSPS) is 12.2. The van der Waals surface area contributed by atoms with Crippen molar-refractivity contribution in [1.29, 1.82) is 0 Å². The third-order valence-corrected chi connectivity index (χ3v) is 3.32. The number of carbonyl (C=O) groups is 1. The molecule has 0 aromatic heterocycles. The minimum Gasteiger partial charge on any atom is -0.481 e. The second kappa shape index (κ2) is 6.43. The van der Waals surface area contributed by atoms with Gasteiger partial charge in [-0.05, 0) is 31.4 Å². The van der Waals surface area contributed by atoms with Crippen molar-refractivity contribution in [3.05, 3.63) is 29.3 Å². The Morgan fingerprint density at radius 3 is 2.56 bits per heavy atom. The number of hydrogen-bond acceptors (Lipinski definition) is 2. The van der Waals surface area contributed by atoms with Gasteiger partial charge in [0.2, 0.25) is 0 Å². The van der Waals surface area contributed by atoms with Gasteiger partial charge in [0.1, 0.15) is 0 Å². The summed E-state index contributed by atoms with van der Waals surface area (Å²) in [7, 11) is 0. The van der Waals surface area contributed by atoms with Gasteiger partial charge in [0.05, 0.1) is 5.92 Å². The molecule has 0 saturated carbocycles. The van der Waals surface area contributed by atoms with Crippen LogP contribution in [0.3, 0.4) is 0 Å². The van der Waals surface area contributed by atoms with Crippen LogP contribution >= 0.6 is 0 Å². The van der Waals surface area contributed by atoms with Gasteiger partial charge in [-0.2, -0.15) is 0 Å². The zero-order valence-corrected chi connectivity index (χ0v) is 11.7. The van der Waals surface area contributed by atoms with E-state index in [2.05, 4.69) is 43.9 Å². The van der Waals surface area contributed by atoms with Crippen LogP contribution in [0.15, 0.2) is 18.2 Å². The number of aryl methyl sites for hydroxylation is 2. The number of carboxylic acid groups (broad SMARTS) is 1. The first-order valence-corrected chi connectivity index (χ1v) is 6.57. The first-order valence-electron chi connectivity index (χ1n) is 6.57. The Bertz CT molecular complexity index is 415. The fourth-order valence-electron chi connectivity index (χ4n) is 2.24. The number of para-hydroxylation sites is 1. The molecule has 0 radical (unpaired) electrons. The lowest BCUT2D eigenvalue weighted by molar-refractivity contribution is -0.140. The maximum absolute atomic E-state index is 11.0. The molecule has 0 saturated heterocycles. The summed E-state index contributed by atoms with van der Waals surface area (Å²) in [5.41, 5.74) is 3.71. The third kappa shape index (κ3) is 3.25. The van der Waals surface area contributed by atoms with Crippen molar-refractivity contribution >= 4 is 11.7 Å². The molecule has 0 bridgehead atoms. The standard InChI is InChI=1S/C15H23NO2/c1-5-13-9-7-8-11(3)14(13)16(6-2)10-12(4)15(17)18/h7-9,12H,5-6,10H2,1-4H3,(H,17,18). The number of carboxylic acids is 1. The molecule has 0 aliphatic heterocycles. The lowest BCUT2D eigenvalue weighted by Gasteiger charge is -2.29. The average molecular weight is 249 g/mol. The Hall–Kier alpha value is -1.51. The number of hydrogen-bond donors (Lipinski definition) is 1. The molecule has 1 aromatic carbocycles. The van der Waals surface area contributed by atoms with Crippen LogP contribution in [0.4, 0.5) is 5.69 Å². The van der Waals surface area contributed by atoms with Crippen molar-refractivity contribution in [2.45, 2.75) is 34.1 Å². The zero-order valence-electron chi connectivity index (χ0n) is 11.7.